The van der Waals surface area contributed by atoms with Gasteiger partial charge in [-0.2, -0.15) is 4.31 Å². The topological polar surface area (TPSA) is 57.6 Å². The Kier molecular flexibility index (Phi) is 4.03. The number of hydrogen-bond donors (Lipinski definition) is 1. The van der Waals surface area contributed by atoms with E-state index in [1.807, 2.05) is 30.3 Å². The van der Waals surface area contributed by atoms with Gasteiger partial charge in [-0.1, -0.05) is 36.4 Å². The predicted octanol–water partition coefficient (Wildman–Crippen LogP) is 3.06. The van der Waals surface area contributed by atoms with Gasteiger partial charge in [-0.25, -0.2) is 8.42 Å². The molecule has 2 unspecified atom stereocenters. The van der Waals surface area contributed by atoms with E-state index < -0.39 is 15.6 Å². The summed E-state index contributed by atoms with van der Waals surface area (Å²) < 4.78 is 27.7. The third-order valence-electron chi connectivity index (χ3n) is 5.52. The van der Waals surface area contributed by atoms with Crippen LogP contribution >= 0.6 is 11.3 Å². The summed E-state index contributed by atoms with van der Waals surface area (Å²) in [6.07, 6.45) is 2.61. The molecule has 2 aromatic rings. The molecule has 0 bridgehead atoms. The van der Waals surface area contributed by atoms with E-state index in [1.54, 1.807) is 21.8 Å². The normalized spacial score (nSPS) is 31.0. The Morgan fingerprint density at radius 2 is 1.92 bits per heavy atom. The van der Waals surface area contributed by atoms with Crippen LogP contribution in [0.25, 0.3) is 0 Å². The summed E-state index contributed by atoms with van der Waals surface area (Å²) in [5.41, 5.74) is -0.0146. The van der Waals surface area contributed by atoms with Gasteiger partial charge in [-0.15, -0.1) is 11.3 Å². The molecule has 128 valence electrons. The first-order chi connectivity index (χ1) is 11.5. The second-order valence-corrected chi connectivity index (χ2v) is 9.92. The average Bonchev–Trinajstić information content (AvgIpc) is 3.26. The Morgan fingerprint density at radius 3 is 2.62 bits per heavy atom. The molecule has 0 spiro atoms. The third kappa shape index (κ3) is 2.52. The quantitative estimate of drug-likeness (QED) is 0.912. The Bertz CT molecular complexity index is 804. The number of rotatable bonds is 3. The Morgan fingerprint density at radius 1 is 1.12 bits per heavy atom. The van der Waals surface area contributed by atoms with E-state index in [0.717, 1.165) is 18.4 Å². The Labute approximate surface area is 146 Å². The number of aliphatic hydroxyl groups is 1. The van der Waals surface area contributed by atoms with Gasteiger partial charge in [-0.3, -0.25) is 0 Å². The minimum Gasteiger partial charge on any atom is -0.385 e. The minimum atomic E-state index is -3.45. The van der Waals surface area contributed by atoms with Gasteiger partial charge in [0.1, 0.15) is 4.21 Å². The van der Waals surface area contributed by atoms with Crippen molar-refractivity contribution >= 4 is 21.4 Å². The van der Waals surface area contributed by atoms with Crippen LogP contribution in [-0.2, 0) is 15.6 Å². The lowest BCUT2D eigenvalue weighted by Crippen LogP contribution is -2.42. The van der Waals surface area contributed by atoms with Gasteiger partial charge in [0, 0.05) is 19.0 Å². The van der Waals surface area contributed by atoms with Crippen LogP contribution in [0.1, 0.15) is 24.8 Å². The molecule has 1 saturated carbocycles. The van der Waals surface area contributed by atoms with Gasteiger partial charge >= 0.3 is 0 Å². The molecule has 1 N–H and O–H groups in total. The lowest BCUT2D eigenvalue weighted by molar-refractivity contribution is -0.0640. The maximum absolute atomic E-state index is 12.8. The maximum atomic E-state index is 12.8. The van der Waals surface area contributed by atoms with Gasteiger partial charge in [0.15, 0.2) is 0 Å². The summed E-state index contributed by atoms with van der Waals surface area (Å²) in [6.45, 7) is 0.913. The first-order valence-corrected chi connectivity index (χ1v) is 10.7. The van der Waals surface area contributed by atoms with E-state index in [-0.39, 0.29) is 11.8 Å². The van der Waals surface area contributed by atoms with Crippen LogP contribution in [0, 0.1) is 11.8 Å². The molecular weight excluding hydrogens is 342 g/mol. The number of thiophene rings is 1. The van der Waals surface area contributed by atoms with Gasteiger partial charge in [0.05, 0.1) is 5.60 Å². The van der Waals surface area contributed by atoms with E-state index in [9.17, 15) is 13.5 Å². The molecule has 2 heterocycles. The van der Waals surface area contributed by atoms with E-state index in [0.29, 0.717) is 23.7 Å². The molecule has 24 heavy (non-hydrogen) atoms. The lowest BCUT2D eigenvalue weighted by atomic mass is 9.67. The highest BCUT2D eigenvalue weighted by Crippen LogP contribution is 2.49. The molecule has 1 aliphatic carbocycles. The van der Waals surface area contributed by atoms with Gasteiger partial charge in [0.25, 0.3) is 10.0 Å². The van der Waals surface area contributed by atoms with E-state index >= 15 is 0 Å². The lowest BCUT2D eigenvalue weighted by Gasteiger charge is -2.41. The monoisotopic (exact) mass is 363 g/mol. The molecule has 4 rings (SSSR count). The Balaban J connectivity index is 1.66. The molecule has 1 aliphatic heterocycles. The molecule has 4 nitrogen and oxygen atoms in total. The third-order valence-corrected chi connectivity index (χ3v) is 8.72. The van der Waals surface area contributed by atoms with Crippen LogP contribution < -0.4 is 0 Å². The van der Waals surface area contributed by atoms with Crippen LogP contribution in [0.5, 0.6) is 0 Å². The Hall–Kier alpha value is -1.21. The summed E-state index contributed by atoms with van der Waals surface area (Å²) >= 11 is 1.25. The van der Waals surface area contributed by atoms with Crippen molar-refractivity contribution in [3.63, 3.8) is 0 Å². The molecule has 1 saturated heterocycles. The van der Waals surface area contributed by atoms with Crippen molar-refractivity contribution in [2.75, 3.05) is 13.1 Å². The molecule has 1 aromatic carbocycles. The smallest absolute Gasteiger partial charge is 0.252 e. The fraction of sp³-hybridized carbons (Fsp3) is 0.444. The second kappa shape index (κ2) is 5.95. The largest absolute Gasteiger partial charge is 0.385 e. The van der Waals surface area contributed by atoms with Crippen molar-refractivity contribution < 1.29 is 13.5 Å². The number of hydrogen-bond acceptors (Lipinski definition) is 4. The van der Waals surface area contributed by atoms with Crippen molar-refractivity contribution in [3.8, 4) is 0 Å². The van der Waals surface area contributed by atoms with Gasteiger partial charge in [0.2, 0.25) is 0 Å². The fourth-order valence-corrected chi connectivity index (χ4v) is 6.97. The number of nitrogens with zero attached hydrogens (tertiary/aromatic N) is 1. The minimum absolute atomic E-state index is 0.0385. The van der Waals surface area contributed by atoms with Crippen LogP contribution in [0.2, 0.25) is 0 Å². The van der Waals surface area contributed by atoms with Crippen molar-refractivity contribution in [2.45, 2.75) is 29.1 Å². The van der Waals surface area contributed by atoms with Gasteiger partial charge < -0.3 is 5.11 Å². The number of fused-ring (bicyclic) bond motifs is 1. The summed E-state index contributed by atoms with van der Waals surface area (Å²) in [5, 5.41) is 13.2. The van der Waals surface area contributed by atoms with Crippen molar-refractivity contribution in [1.29, 1.82) is 0 Å². The molecule has 0 radical (unpaired) electrons. The molecule has 6 heteroatoms. The standard InChI is InChI=1S/C18H21NO3S2/c20-18(15-7-2-1-3-8-15)10-4-6-14-12-19(13-16(14)18)24(21,22)17-9-5-11-23-17/h1-3,5,7-9,11,14,16,20H,4,6,10,12-13H2/t14?,16?,18-/m0/s1. The molecule has 2 fully saturated rings. The summed E-state index contributed by atoms with van der Waals surface area (Å²) in [5.74, 6) is 0.182. The zero-order valence-electron chi connectivity index (χ0n) is 13.3. The summed E-state index contributed by atoms with van der Waals surface area (Å²) in [7, 11) is -3.45. The van der Waals surface area contributed by atoms with Crippen LogP contribution in [0.15, 0.2) is 52.1 Å². The molecular formula is C18H21NO3S2. The van der Waals surface area contributed by atoms with Crippen molar-refractivity contribution in [3.05, 3.63) is 53.4 Å². The van der Waals surface area contributed by atoms with E-state index in [4.69, 9.17) is 0 Å². The zero-order valence-corrected chi connectivity index (χ0v) is 15.0. The maximum Gasteiger partial charge on any atom is 0.252 e. The molecule has 3 atom stereocenters. The van der Waals surface area contributed by atoms with Gasteiger partial charge in [-0.05, 0) is 42.2 Å². The second-order valence-electron chi connectivity index (χ2n) is 6.80. The van der Waals surface area contributed by atoms with E-state index in [1.165, 1.54) is 11.3 Å². The predicted molar refractivity (Wildman–Crippen MR) is 94.2 cm³/mol. The van der Waals surface area contributed by atoms with E-state index in [2.05, 4.69) is 0 Å². The molecule has 0 amide bonds. The highest BCUT2D eigenvalue weighted by atomic mass is 32.2. The van der Waals surface area contributed by atoms with Crippen LogP contribution in [-0.4, -0.2) is 30.9 Å². The highest BCUT2D eigenvalue weighted by Gasteiger charge is 2.52. The summed E-state index contributed by atoms with van der Waals surface area (Å²) in [6, 6.07) is 13.2. The first-order valence-electron chi connectivity index (χ1n) is 8.33. The summed E-state index contributed by atoms with van der Waals surface area (Å²) in [4.78, 5) is 0. The number of sulfonamides is 1. The van der Waals surface area contributed by atoms with Crippen molar-refractivity contribution in [2.24, 2.45) is 11.8 Å². The molecule has 1 aromatic heterocycles. The molecule has 2 aliphatic rings. The van der Waals surface area contributed by atoms with Crippen LogP contribution in [0.4, 0.5) is 0 Å². The SMILES string of the molecule is O=S(=O)(c1cccs1)N1CC2CCC[C@](O)(c3ccccc3)C2C1. The zero-order chi connectivity index (χ0) is 16.8. The first kappa shape index (κ1) is 16.3. The highest BCUT2D eigenvalue weighted by molar-refractivity contribution is 7.91. The van der Waals surface area contributed by atoms with Crippen LogP contribution in [0.3, 0.4) is 0 Å². The average molecular weight is 364 g/mol. The number of benzene rings is 1. The van der Waals surface area contributed by atoms with Crippen molar-refractivity contribution in [1.82, 2.24) is 4.31 Å². The fourth-order valence-electron chi connectivity index (χ4n) is 4.30.